The number of amides is 1. The molecule has 4 rings (SSSR count). The van der Waals surface area contributed by atoms with E-state index >= 15 is 0 Å². The largest absolute Gasteiger partial charge is 0.357 e. The predicted molar refractivity (Wildman–Crippen MR) is 117 cm³/mol. The lowest BCUT2D eigenvalue weighted by Crippen LogP contribution is -2.52. The Kier molecular flexibility index (Phi) is 6.32. The smallest absolute Gasteiger partial charge is 0.332 e. The van der Waals surface area contributed by atoms with Gasteiger partial charge in [-0.25, -0.2) is 4.79 Å². The van der Waals surface area contributed by atoms with Crippen LogP contribution in [0.2, 0.25) is 0 Å². The molecule has 1 atom stereocenters. The van der Waals surface area contributed by atoms with Crippen LogP contribution in [0.4, 0.5) is 5.82 Å². The van der Waals surface area contributed by atoms with Gasteiger partial charge in [-0.15, -0.1) is 0 Å². The van der Waals surface area contributed by atoms with Gasteiger partial charge >= 0.3 is 5.69 Å². The Labute approximate surface area is 178 Å². The highest BCUT2D eigenvalue weighted by Crippen LogP contribution is 2.26. The van der Waals surface area contributed by atoms with E-state index in [1.54, 1.807) is 7.05 Å². The molecule has 3 fully saturated rings. The Morgan fingerprint density at radius 3 is 2.27 bits per heavy atom. The zero-order valence-electron chi connectivity index (χ0n) is 18.4. The number of aromatic nitrogens is 2. The normalized spacial score (nSPS) is 24.3. The number of likely N-dealkylation sites (tertiary alicyclic amines) is 2. The van der Waals surface area contributed by atoms with E-state index in [1.165, 1.54) is 50.0 Å². The molecule has 0 N–H and O–H groups in total. The SMILES string of the molecule is Cn1c(N2CCCC(C(=O)N3CCC(N4CCCCC4)CC3)C2)cc(=O)n(C)c1=O. The molecule has 0 aliphatic carbocycles. The van der Waals surface area contributed by atoms with Crippen molar-refractivity contribution in [3.8, 4) is 0 Å². The van der Waals surface area contributed by atoms with E-state index in [-0.39, 0.29) is 23.1 Å². The maximum Gasteiger partial charge on any atom is 0.332 e. The van der Waals surface area contributed by atoms with Gasteiger partial charge in [-0.1, -0.05) is 6.42 Å². The molecule has 0 bridgehead atoms. The Morgan fingerprint density at radius 2 is 1.57 bits per heavy atom. The molecule has 1 aromatic heterocycles. The van der Waals surface area contributed by atoms with Crippen molar-refractivity contribution in [2.75, 3.05) is 44.2 Å². The van der Waals surface area contributed by atoms with Gasteiger partial charge in [-0.3, -0.25) is 18.7 Å². The van der Waals surface area contributed by atoms with Gasteiger partial charge in [0.25, 0.3) is 5.56 Å². The van der Waals surface area contributed by atoms with E-state index < -0.39 is 0 Å². The summed E-state index contributed by atoms with van der Waals surface area (Å²) in [5, 5.41) is 0. The molecule has 3 saturated heterocycles. The van der Waals surface area contributed by atoms with Crippen molar-refractivity contribution in [3.05, 3.63) is 26.9 Å². The third-order valence-electron chi connectivity index (χ3n) is 7.28. The zero-order valence-corrected chi connectivity index (χ0v) is 18.4. The van der Waals surface area contributed by atoms with Crippen molar-refractivity contribution in [1.82, 2.24) is 18.9 Å². The van der Waals surface area contributed by atoms with Gasteiger partial charge in [-0.05, 0) is 51.6 Å². The number of hydrogen-bond donors (Lipinski definition) is 0. The molecular weight excluding hydrogens is 382 g/mol. The molecule has 1 aromatic rings. The lowest BCUT2D eigenvalue weighted by atomic mass is 9.94. The van der Waals surface area contributed by atoms with Crippen LogP contribution < -0.4 is 16.1 Å². The molecule has 0 spiro atoms. The summed E-state index contributed by atoms with van der Waals surface area (Å²) in [6.07, 6.45) is 7.89. The quantitative estimate of drug-likeness (QED) is 0.727. The second-order valence-electron chi connectivity index (χ2n) is 9.18. The van der Waals surface area contributed by atoms with Gasteiger partial charge < -0.3 is 14.7 Å². The van der Waals surface area contributed by atoms with Gasteiger partial charge in [-0.2, -0.15) is 0 Å². The Balaban J connectivity index is 1.39. The molecule has 4 heterocycles. The van der Waals surface area contributed by atoms with Crippen molar-refractivity contribution in [2.45, 2.75) is 51.0 Å². The van der Waals surface area contributed by atoms with E-state index in [9.17, 15) is 14.4 Å². The maximum atomic E-state index is 13.2. The van der Waals surface area contributed by atoms with Crippen molar-refractivity contribution < 1.29 is 4.79 Å². The van der Waals surface area contributed by atoms with Crippen molar-refractivity contribution >= 4 is 11.7 Å². The van der Waals surface area contributed by atoms with Gasteiger partial charge in [0, 0.05) is 52.4 Å². The van der Waals surface area contributed by atoms with Crippen molar-refractivity contribution in [2.24, 2.45) is 20.0 Å². The highest BCUT2D eigenvalue weighted by atomic mass is 16.2. The van der Waals surface area contributed by atoms with Gasteiger partial charge in [0.1, 0.15) is 5.82 Å². The zero-order chi connectivity index (χ0) is 21.3. The van der Waals surface area contributed by atoms with E-state index in [1.807, 2.05) is 4.90 Å². The Morgan fingerprint density at radius 1 is 0.867 bits per heavy atom. The number of anilines is 1. The standard InChI is InChI=1S/C22H35N5O3/c1-23-19(15-20(28)24(2)22(23)30)27-12-6-7-17(16-27)21(29)26-13-8-18(9-14-26)25-10-4-3-5-11-25/h15,17-18H,3-14,16H2,1-2H3. The molecule has 3 aliphatic rings. The fourth-order valence-corrected chi connectivity index (χ4v) is 5.40. The number of piperidine rings is 3. The second kappa shape index (κ2) is 8.96. The molecule has 30 heavy (non-hydrogen) atoms. The first-order chi connectivity index (χ1) is 14.5. The summed E-state index contributed by atoms with van der Waals surface area (Å²) >= 11 is 0. The van der Waals surface area contributed by atoms with Crippen LogP contribution in [0.5, 0.6) is 0 Å². The van der Waals surface area contributed by atoms with E-state index in [0.717, 1.165) is 49.9 Å². The molecule has 3 aliphatic heterocycles. The summed E-state index contributed by atoms with van der Waals surface area (Å²) in [7, 11) is 3.18. The summed E-state index contributed by atoms with van der Waals surface area (Å²) in [5.41, 5.74) is -0.632. The molecule has 0 radical (unpaired) electrons. The van der Waals surface area contributed by atoms with Crippen molar-refractivity contribution in [1.29, 1.82) is 0 Å². The first-order valence-corrected chi connectivity index (χ1v) is 11.5. The topological polar surface area (TPSA) is 70.8 Å². The van der Waals surface area contributed by atoms with Crippen LogP contribution in [-0.2, 0) is 18.9 Å². The number of carbonyl (C=O) groups is 1. The molecular formula is C22H35N5O3. The number of nitrogens with zero attached hydrogens (tertiary/aromatic N) is 5. The summed E-state index contributed by atoms with van der Waals surface area (Å²) in [4.78, 5) is 44.4. The van der Waals surface area contributed by atoms with Crippen LogP contribution in [0.3, 0.4) is 0 Å². The number of carbonyl (C=O) groups excluding carboxylic acids is 1. The lowest BCUT2D eigenvalue weighted by molar-refractivity contribution is -0.137. The fourth-order valence-electron chi connectivity index (χ4n) is 5.40. The van der Waals surface area contributed by atoms with E-state index in [2.05, 4.69) is 9.80 Å². The number of rotatable bonds is 3. The summed E-state index contributed by atoms with van der Waals surface area (Å²) in [6, 6.07) is 2.14. The molecule has 166 valence electrons. The Bertz CT molecular complexity index is 878. The molecule has 1 unspecified atom stereocenters. The van der Waals surface area contributed by atoms with Gasteiger partial charge in [0.2, 0.25) is 5.91 Å². The third-order valence-corrected chi connectivity index (χ3v) is 7.28. The minimum Gasteiger partial charge on any atom is -0.357 e. The van der Waals surface area contributed by atoms with Crippen molar-refractivity contribution in [3.63, 3.8) is 0 Å². The molecule has 0 saturated carbocycles. The average Bonchev–Trinajstić information content (AvgIpc) is 2.80. The number of hydrogen-bond acceptors (Lipinski definition) is 5. The highest BCUT2D eigenvalue weighted by molar-refractivity contribution is 5.80. The Hall–Kier alpha value is -2.09. The summed E-state index contributed by atoms with van der Waals surface area (Å²) < 4.78 is 2.63. The summed E-state index contributed by atoms with van der Waals surface area (Å²) in [5.74, 6) is 0.791. The predicted octanol–water partition coefficient (Wildman–Crippen LogP) is 0.777. The molecule has 8 nitrogen and oxygen atoms in total. The van der Waals surface area contributed by atoms with Gasteiger partial charge in [0.15, 0.2) is 0 Å². The van der Waals surface area contributed by atoms with Crippen LogP contribution in [0, 0.1) is 5.92 Å². The second-order valence-corrected chi connectivity index (χ2v) is 9.18. The highest BCUT2D eigenvalue weighted by Gasteiger charge is 2.33. The maximum absolute atomic E-state index is 13.2. The van der Waals surface area contributed by atoms with Crippen LogP contribution in [-0.4, -0.2) is 70.2 Å². The first-order valence-electron chi connectivity index (χ1n) is 11.5. The van der Waals surface area contributed by atoms with E-state index in [0.29, 0.717) is 18.4 Å². The molecule has 0 aromatic carbocycles. The minimum atomic E-state index is -0.328. The third kappa shape index (κ3) is 4.19. The van der Waals surface area contributed by atoms with Crippen LogP contribution >= 0.6 is 0 Å². The first kappa shape index (κ1) is 21.2. The average molecular weight is 418 g/mol. The summed E-state index contributed by atoms with van der Waals surface area (Å²) in [6.45, 7) is 5.46. The molecule has 1 amide bonds. The van der Waals surface area contributed by atoms with Crippen LogP contribution in [0.1, 0.15) is 44.9 Å². The van der Waals surface area contributed by atoms with E-state index in [4.69, 9.17) is 0 Å². The fraction of sp³-hybridized carbons (Fsp3) is 0.773. The minimum absolute atomic E-state index is 0.0653. The van der Waals surface area contributed by atoms with Crippen LogP contribution in [0.15, 0.2) is 15.7 Å². The monoisotopic (exact) mass is 417 g/mol. The molecule has 8 heteroatoms. The van der Waals surface area contributed by atoms with Crippen LogP contribution in [0.25, 0.3) is 0 Å². The lowest BCUT2D eigenvalue weighted by Gasteiger charge is -2.42. The van der Waals surface area contributed by atoms with Gasteiger partial charge in [0.05, 0.1) is 5.92 Å².